The van der Waals surface area contributed by atoms with E-state index in [9.17, 15) is 15.0 Å². The highest BCUT2D eigenvalue weighted by molar-refractivity contribution is 5.89. The molecule has 0 aliphatic carbocycles. The topological polar surface area (TPSA) is 106 Å². The predicted octanol–water partition coefficient (Wildman–Crippen LogP) is -0.389. The minimum absolute atomic E-state index is 0.226. The predicted molar refractivity (Wildman–Crippen MR) is 60.2 cm³/mol. The van der Waals surface area contributed by atoms with Crippen molar-refractivity contribution in [2.75, 3.05) is 13.7 Å². The molecular weight excluding hydrogens is 224 g/mol. The van der Waals surface area contributed by atoms with E-state index in [-0.39, 0.29) is 18.5 Å². The van der Waals surface area contributed by atoms with Gasteiger partial charge in [0.25, 0.3) is 0 Å². The molecule has 1 aromatic heterocycles. The maximum Gasteiger partial charge on any atom is 0.339 e. The van der Waals surface area contributed by atoms with E-state index in [4.69, 9.17) is 5.73 Å². The number of aromatic nitrogens is 1. The van der Waals surface area contributed by atoms with Crippen LogP contribution in [0.5, 0.6) is 0 Å². The first kappa shape index (κ1) is 13.6. The van der Waals surface area contributed by atoms with E-state index in [1.54, 1.807) is 0 Å². The lowest BCUT2D eigenvalue weighted by atomic mass is 10.0. The normalized spacial score (nSPS) is 14.1. The van der Waals surface area contributed by atoms with Gasteiger partial charge in [0.05, 0.1) is 18.8 Å². The average molecular weight is 240 g/mol. The van der Waals surface area contributed by atoms with Gasteiger partial charge in [-0.1, -0.05) is 0 Å². The van der Waals surface area contributed by atoms with Crippen LogP contribution in [0.25, 0.3) is 0 Å². The molecule has 0 amide bonds. The third-order valence-electron chi connectivity index (χ3n) is 2.35. The lowest BCUT2D eigenvalue weighted by Gasteiger charge is -2.17. The quantitative estimate of drug-likeness (QED) is 0.605. The molecule has 0 aromatic carbocycles. The van der Waals surface area contributed by atoms with Gasteiger partial charge in [-0.15, -0.1) is 0 Å². The molecule has 4 N–H and O–H groups in total. The average Bonchev–Trinajstić information content (AvgIpc) is 2.37. The van der Waals surface area contributed by atoms with Crippen molar-refractivity contribution in [1.82, 2.24) is 4.98 Å². The number of carbonyl (C=O) groups is 1. The second-order valence-corrected chi connectivity index (χ2v) is 3.59. The van der Waals surface area contributed by atoms with Gasteiger partial charge in [0.2, 0.25) is 0 Å². The van der Waals surface area contributed by atoms with E-state index in [0.29, 0.717) is 5.56 Å². The van der Waals surface area contributed by atoms with E-state index in [1.807, 2.05) is 0 Å². The number of pyridine rings is 1. The van der Waals surface area contributed by atoms with Crippen LogP contribution >= 0.6 is 0 Å². The molecule has 2 unspecified atom stereocenters. The smallest absolute Gasteiger partial charge is 0.339 e. The highest BCUT2D eigenvalue weighted by Gasteiger charge is 2.19. The maximum atomic E-state index is 11.3. The number of nitrogens with two attached hydrogens (primary N) is 1. The summed E-state index contributed by atoms with van der Waals surface area (Å²) in [6.07, 6.45) is 0.892. The molecule has 0 spiro atoms. The third kappa shape index (κ3) is 3.48. The molecule has 1 rings (SSSR count). The van der Waals surface area contributed by atoms with Crippen molar-refractivity contribution in [3.63, 3.8) is 0 Å². The Morgan fingerprint density at radius 3 is 2.82 bits per heavy atom. The number of hydrogen-bond acceptors (Lipinski definition) is 6. The molecule has 6 heteroatoms. The third-order valence-corrected chi connectivity index (χ3v) is 2.35. The molecule has 1 aromatic rings. The molecule has 0 radical (unpaired) electrons. The molecule has 0 aliphatic heterocycles. The Labute approximate surface area is 99.0 Å². The molecule has 17 heavy (non-hydrogen) atoms. The first-order chi connectivity index (χ1) is 8.10. The second-order valence-electron chi connectivity index (χ2n) is 3.59. The van der Waals surface area contributed by atoms with Gasteiger partial charge in [0.1, 0.15) is 6.10 Å². The number of aliphatic hydroxyl groups is 2. The zero-order chi connectivity index (χ0) is 12.8. The van der Waals surface area contributed by atoms with Crippen molar-refractivity contribution in [3.8, 4) is 0 Å². The van der Waals surface area contributed by atoms with Crippen LogP contribution < -0.4 is 5.73 Å². The Morgan fingerprint density at radius 1 is 1.53 bits per heavy atom. The molecule has 0 bridgehead atoms. The Hall–Kier alpha value is -1.50. The summed E-state index contributed by atoms with van der Waals surface area (Å²) in [4.78, 5) is 15.1. The largest absolute Gasteiger partial charge is 0.465 e. The Balaban J connectivity index is 2.87. The van der Waals surface area contributed by atoms with Crippen molar-refractivity contribution in [1.29, 1.82) is 0 Å². The number of hydrogen-bond donors (Lipinski definition) is 3. The summed E-state index contributed by atoms with van der Waals surface area (Å²) in [7, 11) is 1.26. The monoisotopic (exact) mass is 240 g/mol. The van der Waals surface area contributed by atoms with Crippen LogP contribution in [0.1, 0.15) is 28.4 Å². The van der Waals surface area contributed by atoms with Gasteiger partial charge in [0, 0.05) is 18.0 Å². The summed E-state index contributed by atoms with van der Waals surface area (Å²) in [5.41, 5.74) is 5.87. The van der Waals surface area contributed by atoms with Crippen molar-refractivity contribution < 1.29 is 19.7 Å². The van der Waals surface area contributed by atoms with E-state index in [1.165, 1.54) is 25.6 Å². The molecule has 0 fully saturated rings. The lowest BCUT2D eigenvalue weighted by Crippen LogP contribution is -2.22. The van der Waals surface area contributed by atoms with Crippen molar-refractivity contribution >= 4 is 5.97 Å². The number of methoxy groups -OCH3 is 1. The van der Waals surface area contributed by atoms with Gasteiger partial charge >= 0.3 is 5.97 Å². The van der Waals surface area contributed by atoms with E-state index < -0.39 is 18.2 Å². The fraction of sp³-hybridized carbons (Fsp3) is 0.455. The number of esters is 1. The lowest BCUT2D eigenvalue weighted by molar-refractivity contribution is 0.0147. The SMILES string of the molecule is COC(=O)c1cncc(C(O)C(O)CCN)c1. The maximum absolute atomic E-state index is 11.3. The molecule has 94 valence electrons. The first-order valence-corrected chi connectivity index (χ1v) is 5.19. The van der Waals surface area contributed by atoms with Crippen molar-refractivity contribution in [3.05, 3.63) is 29.6 Å². The molecule has 6 nitrogen and oxygen atoms in total. The van der Waals surface area contributed by atoms with Gasteiger partial charge in [-0.2, -0.15) is 0 Å². The summed E-state index contributed by atoms with van der Waals surface area (Å²) in [6, 6.07) is 1.43. The van der Waals surface area contributed by atoms with Crippen LogP contribution in [-0.4, -0.2) is 40.9 Å². The van der Waals surface area contributed by atoms with Crippen LogP contribution in [0.2, 0.25) is 0 Å². The molecule has 0 saturated carbocycles. The van der Waals surface area contributed by atoms with Gasteiger partial charge in [-0.05, 0) is 19.0 Å². The number of aliphatic hydroxyl groups excluding tert-OH is 2. The van der Waals surface area contributed by atoms with Gasteiger partial charge < -0.3 is 20.7 Å². The van der Waals surface area contributed by atoms with Gasteiger partial charge in [-0.25, -0.2) is 4.79 Å². The van der Waals surface area contributed by atoms with Crippen LogP contribution in [0.3, 0.4) is 0 Å². The fourth-order valence-electron chi connectivity index (χ4n) is 1.40. The van der Waals surface area contributed by atoms with Gasteiger partial charge in [-0.3, -0.25) is 4.98 Å². The number of nitrogens with zero attached hydrogens (tertiary/aromatic N) is 1. The van der Waals surface area contributed by atoms with Crippen LogP contribution in [-0.2, 0) is 4.74 Å². The molecule has 1 heterocycles. The van der Waals surface area contributed by atoms with Gasteiger partial charge in [0.15, 0.2) is 0 Å². The van der Waals surface area contributed by atoms with Crippen LogP contribution in [0.15, 0.2) is 18.5 Å². The number of carbonyl (C=O) groups excluding carboxylic acids is 1. The van der Waals surface area contributed by atoms with E-state index in [2.05, 4.69) is 9.72 Å². The highest BCUT2D eigenvalue weighted by atomic mass is 16.5. The summed E-state index contributed by atoms with van der Waals surface area (Å²) in [5.74, 6) is -0.542. The second kappa shape index (κ2) is 6.29. The Kier molecular flexibility index (Phi) is 5.02. The molecule has 0 aliphatic rings. The fourth-order valence-corrected chi connectivity index (χ4v) is 1.40. The van der Waals surface area contributed by atoms with E-state index in [0.717, 1.165) is 0 Å². The summed E-state index contributed by atoms with van der Waals surface area (Å²) in [5, 5.41) is 19.4. The van der Waals surface area contributed by atoms with Crippen molar-refractivity contribution in [2.45, 2.75) is 18.6 Å². The minimum atomic E-state index is -1.12. The molecule has 0 saturated heterocycles. The van der Waals surface area contributed by atoms with Crippen molar-refractivity contribution in [2.24, 2.45) is 5.73 Å². The Morgan fingerprint density at radius 2 is 2.24 bits per heavy atom. The number of ether oxygens (including phenoxy) is 1. The molecule has 2 atom stereocenters. The zero-order valence-electron chi connectivity index (χ0n) is 9.54. The van der Waals surface area contributed by atoms with Crippen LogP contribution in [0.4, 0.5) is 0 Å². The van der Waals surface area contributed by atoms with E-state index >= 15 is 0 Å². The summed E-state index contributed by atoms with van der Waals surface area (Å²) >= 11 is 0. The molecular formula is C11H16N2O4. The summed E-state index contributed by atoms with van der Waals surface area (Å²) in [6.45, 7) is 0.266. The standard InChI is InChI=1S/C11H16N2O4/c1-17-11(16)8-4-7(5-13-6-8)10(15)9(14)2-3-12/h4-6,9-10,14-15H,2-3,12H2,1H3. The summed E-state index contributed by atoms with van der Waals surface area (Å²) < 4.78 is 4.54. The highest BCUT2D eigenvalue weighted by Crippen LogP contribution is 2.19. The Bertz CT molecular complexity index is 383. The minimum Gasteiger partial charge on any atom is -0.465 e. The number of rotatable bonds is 5. The van der Waals surface area contributed by atoms with Crippen LogP contribution in [0, 0.1) is 0 Å². The first-order valence-electron chi connectivity index (χ1n) is 5.19. The zero-order valence-corrected chi connectivity index (χ0v) is 9.54.